The van der Waals surface area contributed by atoms with Gasteiger partial charge < -0.3 is 15.0 Å². The molecular weight excluding hydrogens is 353 g/mol. The number of carbonyl (C=O) groups excluding carboxylic acids is 3. The van der Waals surface area contributed by atoms with Gasteiger partial charge in [0.1, 0.15) is 6.54 Å². The zero-order chi connectivity index (χ0) is 19.2. The van der Waals surface area contributed by atoms with Crippen LogP contribution in [0.1, 0.15) is 31.2 Å². The highest BCUT2D eigenvalue weighted by Crippen LogP contribution is 2.34. The van der Waals surface area contributed by atoms with Crippen molar-refractivity contribution in [2.45, 2.75) is 31.9 Å². The van der Waals surface area contributed by atoms with Crippen LogP contribution in [0.15, 0.2) is 24.3 Å². The van der Waals surface area contributed by atoms with E-state index in [0.717, 1.165) is 31.4 Å². The smallest absolute Gasteiger partial charge is 0.418 e. The van der Waals surface area contributed by atoms with E-state index in [1.54, 1.807) is 0 Å². The first-order valence-electron chi connectivity index (χ1n) is 8.17. The number of para-hydroxylation sites is 1. The number of alkyl halides is 3. The third-order valence-electron chi connectivity index (χ3n) is 3.86. The first-order chi connectivity index (χ1) is 12.3. The van der Waals surface area contributed by atoms with Gasteiger partial charge in [0.25, 0.3) is 5.91 Å². The summed E-state index contributed by atoms with van der Waals surface area (Å²) in [7, 11) is 0. The summed E-state index contributed by atoms with van der Waals surface area (Å²) in [6.45, 7) is -0.558. The molecule has 9 heteroatoms. The van der Waals surface area contributed by atoms with Crippen LogP contribution in [0.3, 0.4) is 0 Å². The van der Waals surface area contributed by atoms with Crippen molar-refractivity contribution < 1.29 is 32.3 Å². The fourth-order valence-electron chi connectivity index (χ4n) is 2.58. The van der Waals surface area contributed by atoms with Crippen LogP contribution >= 0.6 is 0 Å². The SMILES string of the molecule is O=C(COC(=O)CN1CCCCCC1=O)Nc1ccccc1C(F)(F)F. The largest absolute Gasteiger partial charge is 0.454 e. The number of halogens is 3. The Morgan fingerprint density at radius 1 is 1.15 bits per heavy atom. The van der Waals surface area contributed by atoms with Gasteiger partial charge in [0.15, 0.2) is 6.61 Å². The number of esters is 1. The van der Waals surface area contributed by atoms with Crippen LogP contribution in [-0.2, 0) is 25.3 Å². The van der Waals surface area contributed by atoms with Gasteiger partial charge in [0.05, 0.1) is 11.3 Å². The summed E-state index contributed by atoms with van der Waals surface area (Å²) in [6, 6.07) is 4.50. The van der Waals surface area contributed by atoms with Gasteiger partial charge in [-0.25, -0.2) is 0 Å². The van der Waals surface area contributed by atoms with E-state index in [4.69, 9.17) is 4.74 Å². The molecule has 0 saturated carbocycles. The van der Waals surface area contributed by atoms with Gasteiger partial charge >= 0.3 is 12.1 Å². The summed E-state index contributed by atoms with van der Waals surface area (Å²) in [4.78, 5) is 36.7. The molecule has 0 atom stereocenters. The van der Waals surface area contributed by atoms with Crippen LogP contribution in [0, 0.1) is 0 Å². The molecule has 1 aliphatic heterocycles. The number of ether oxygens (including phenoxy) is 1. The van der Waals surface area contributed by atoms with Crippen molar-refractivity contribution in [3.05, 3.63) is 29.8 Å². The van der Waals surface area contributed by atoms with Gasteiger partial charge in [0.2, 0.25) is 5.91 Å². The fourth-order valence-corrected chi connectivity index (χ4v) is 2.58. The molecular formula is C17H19F3N2O4. The number of hydrogen-bond acceptors (Lipinski definition) is 4. The zero-order valence-corrected chi connectivity index (χ0v) is 14.0. The molecule has 0 aromatic heterocycles. The second-order valence-corrected chi connectivity index (χ2v) is 5.88. The normalized spacial score (nSPS) is 15.3. The molecule has 1 aromatic rings. The van der Waals surface area contributed by atoms with Crippen molar-refractivity contribution >= 4 is 23.5 Å². The van der Waals surface area contributed by atoms with Gasteiger partial charge in [-0.05, 0) is 25.0 Å². The minimum absolute atomic E-state index is 0.150. The molecule has 1 aromatic carbocycles. The van der Waals surface area contributed by atoms with E-state index in [-0.39, 0.29) is 12.5 Å². The molecule has 1 aliphatic rings. The molecule has 6 nitrogen and oxygen atoms in total. The second-order valence-electron chi connectivity index (χ2n) is 5.88. The number of rotatable bonds is 5. The standard InChI is InChI=1S/C17H19F3N2O4/c18-17(19,20)12-6-3-4-7-13(12)21-14(23)11-26-16(25)10-22-9-5-1-2-8-15(22)24/h3-4,6-7H,1-2,5,8-11H2,(H,21,23). The van der Waals surface area contributed by atoms with Gasteiger partial charge in [0, 0.05) is 13.0 Å². The van der Waals surface area contributed by atoms with Gasteiger partial charge in [-0.3, -0.25) is 14.4 Å². The number of likely N-dealkylation sites (tertiary alicyclic amines) is 1. The maximum atomic E-state index is 12.9. The molecule has 2 amide bonds. The minimum Gasteiger partial charge on any atom is -0.454 e. The third-order valence-corrected chi connectivity index (χ3v) is 3.86. The van der Waals surface area contributed by atoms with E-state index in [2.05, 4.69) is 5.32 Å². The van der Waals surface area contributed by atoms with Crippen LogP contribution in [-0.4, -0.2) is 42.4 Å². The molecule has 0 radical (unpaired) electrons. The van der Waals surface area contributed by atoms with Crippen molar-refractivity contribution in [1.29, 1.82) is 0 Å². The van der Waals surface area contributed by atoms with Crippen LogP contribution in [0.2, 0.25) is 0 Å². The Morgan fingerprint density at radius 2 is 1.88 bits per heavy atom. The predicted molar refractivity (Wildman–Crippen MR) is 86.1 cm³/mol. The highest BCUT2D eigenvalue weighted by Gasteiger charge is 2.33. The monoisotopic (exact) mass is 372 g/mol. The Morgan fingerprint density at radius 3 is 2.62 bits per heavy atom. The third kappa shape index (κ3) is 5.75. The van der Waals surface area contributed by atoms with E-state index < -0.39 is 35.9 Å². The van der Waals surface area contributed by atoms with E-state index in [1.807, 2.05) is 0 Å². The summed E-state index contributed by atoms with van der Waals surface area (Å²) in [5.74, 6) is -1.82. The number of anilines is 1. The number of amides is 2. The molecule has 0 unspecified atom stereocenters. The average Bonchev–Trinajstić information content (AvgIpc) is 2.77. The molecule has 26 heavy (non-hydrogen) atoms. The molecule has 142 valence electrons. The van der Waals surface area contributed by atoms with Crippen LogP contribution in [0.5, 0.6) is 0 Å². The second kappa shape index (κ2) is 8.68. The van der Waals surface area contributed by atoms with Crippen LogP contribution in [0.4, 0.5) is 18.9 Å². The molecule has 1 N–H and O–H groups in total. The number of carbonyl (C=O) groups is 3. The highest BCUT2D eigenvalue weighted by molar-refractivity contribution is 5.94. The molecule has 0 bridgehead atoms. The van der Waals surface area contributed by atoms with Crippen LogP contribution < -0.4 is 5.32 Å². The lowest BCUT2D eigenvalue weighted by Gasteiger charge is -2.19. The topological polar surface area (TPSA) is 75.7 Å². The summed E-state index contributed by atoms with van der Waals surface area (Å²) in [6.07, 6.45) is -1.80. The van der Waals surface area contributed by atoms with Gasteiger partial charge in [-0.2, -0.15) is 13.2 Å². The predicted octanol–water partition coefficient (Wildman–Crippen LogP) is 2.59. The van der Waals surface area contributed by atoms with E-state index in [9.17, 15) is 27.6 Å². The zero-order valence-electron chi connectivity index (χ0n) is 14.0. The molecule has 1 heterocycles. The highest BCUT2D eigenvalue weighted by atomic mass is 19.4. The maximum absolute atomic E-state index is 12.9. The van der Waals surface area contributed by atoms with Crippen molar-refractivity contribution in [3.8, 4) is 0 Å². The van der Waals surface area contributed by atoms with Crippen molar-refractivity contribution in [1.82, 2.24) is 4.90 Å². The Bertz CT molecular complexity index is 676. The molecule has 0 spiro atoms. The van der Waals surface area contributed by atoms with Gasteiger partial charge in [-0.1, -0.05) is 18.6 Å². The lowest BCUT2D eigenvalue weighted by Crippen LogP contribution is -2.36. The van der Waals surface area contributed by atoms with E-state index >= 15 is 0 Å². The Hall–Kier alpha value is -2.58. The Labute approximate surface area is 148 Å². The lowest BCUT2D eigenvalue weighted by molar-refractivity contribution is -0.151. The number of hydrogen-bond donors (Lipinski definition) is 1. The summed E-state index contributed by atoms with van der Waals surface area (Å²) >= 11 is 0. The lowest BCUT2D eigenvalue weighted by atomic mass is 10.1. The Balaban J connectivity index is 1.85. The fraction of sp³-hybridized carbons (Fsp3) is 0.471. The number of nitrogens with zero attached hydrogens (tertiary/aromatic N) is 1. The quantitative estimate of drug-likeness (QED) is 0.806. The number of benzene rings is 1. The average molecular weight is 372 g/mol. The molecule has 0 aliphatic carbocycles. The van der Waals surface area contributed by atoms with E-state index in [0.29, 0.717) is 13.0 Å². The Kier molecular flexibility index (Phi) is 6.59. The van der Waals surface area contributed by atoms with E-state index in [1.165, 1.54) is 17.0 Å². The molecule has 2 rings (SSSR count). The summed E-state index contributed by atoms with van der Waals surface area (Å²) in [5.41, 5.74) is -1.40. The summed E-state index contributed by atoms with van der Waals surface area (Å²) in [5, 5.41) is 2.08. The summed E-state index contributed by atoms with van der Waals surface area (Å²) < 4.78 is 43.4. The van der Waals surface area contributed by atoms with Crippen molar-refractivity contribution in [2.75, 3.05) is 25.0 Å². The first kappa shape index (κ1) is 19.7. The molecule has 1 fully saturated rings. The minimum atomic E-state index is -4.62. The van der Waals surface area contributed by atoms with Gasteiger partial charge in [-0.15, -0.1) is 0 Å². The first-order valence-corrected chi connectivity index (χ1v) is 8.17. The maximum Gasteiger partial charge on any atom is 0.418 e. The van der Waals surface area contributed by atoms with Crippen molar-refractivity contribution in [2.24, 2.45) is 0 Å². The number of nitrogens with one attached hydrogen (secondary N) is 1. The molecule has 1 saturated heterocycles. The van der Waals surface area contributed by atoms with Crippen molar-refractivity contribution in [3.63, 3.8) is 0 Å². The van der Waals surface area contributed by atoms with Crippen LogP contribution in [0.25, 0.3) is 0 Å².